The molecule has 2 aliphatic heterocycles. The van der Waals surface area contributed by atoms with Gasteiger partial charge in [-0.25, -0.2) is 4.98 Å². The van der Waals surface area contributed by atoms with E-state index < -0.39 is 11.5 Å². The third-order valence-corrected chi connectivity index (χ3v) is 5.84. The van der Waals surface area contributed by atoms with Crippen LogP contribution in [0, 0.1) is 5.41 Å². The summed E-state index contributed by atoms with van der Waals surface area (Å²) in [5.74, 6) is 0.406. The van der Waals surface area contributed by atoms with Crippen molar-refractivity contribution in [3.05, 3.63) is 41.7 Å². The topological polar surface area (TPSA) is 88.5 Å². The number of carbonyl (C=O) groups is 2. The van der Waals surface area contributed by atoms with Crippen LogP contribution in [-0.4, -0.2) is 65.2 Å². The molecule has 0 radical (unpaired) electrons. The first kappa shape index (κ1) is 21.5. The average Bonchev–Trinajstić information content (AvgIpc) is 3.17. The molecule has 1 aromatic carbocycles. The molecule has 1 aromatic heterocycles. The van der Waals surface area contributed by atoms with E-state index in [0.29, 0.717) is 38.5 Å². The number of fused-ring (bicyclic) bond motifs is 1. The summed E-state index contributed by atoms with van der Waals surface area (Å²) in [6, 6.07) is 9.25. The number of nitrogens with zero attached hydrogens (tertiary/aromatic N) is 3. The van der Waals surface area contributed by atoms with Crippen LogP contribution in [0.15, 0.2) is 30.3 Å². The molecule has 3 heterocycles. The van der Waals surface area contributed by atoms with Gasteiger partial charge in [-0.05, 0) is 5.41 Å². The molecule has 0 unspecified atom stereocenters. The minimum absolute atomic E-state index is 0.0707. The fourth-order valence-electron chi connectivity index (χ4n) is 4.11. The number of hydrogen-bond acceptors (Lipinski definition) is 5. The van der Waals surface area contributed by atoms with Crippen LogP contribution in [0.1, 0.15) is 37.0 Å². The summed E-state index contributed by atoms with van der Waals surface area (Å²) in [4.78, 5) is 33.2. The number of morpholine rings is 1. The highest BCUT2D eigenvalue weighted by Crippen LogP contribution is 2.26. The van der Waals surface area contributed by atoms with E-state index in [4.69, 9.17) is 9.72 Å². The highest BCUT2D eigenvalue weighted by Gasteiger charge is 2.37. The molecule has 4 rings (SSSR count). The molecule has 2 aromatic rings. The summed E-state index contributed by atoms with van der Waals surface area (Å²) in [6.45, 7) is 10.2. The molecule has 0 spiro atoms. The zero-order valence-corrected chi connectivity index (χ0v) is 18.5. The summed E-state index contributed by atoms with van der Waals surface area (Å²) in [5, 5.41) is 6.34. The number of hydrogen-bond donors (Lipinski definition) is 2. The van der Waals surface area contributed by atoms with Crippen LogP contribution in [0.3, 0.4) is 0 Å². The average molecular weight is 426 g/mol. The Hall–Kier alpha value is -2.71. The maximum Gasteiger partial charge on any atom is 0.272 e. The summed E-state index contributed by atoms with van der Waals surface area (Å²) >= 11 is 0. The fraction of sp³-hybridized carbons (Fsp3) is 0.522. The van der Waals surface area contributed by atoms with Crippen LogP contribution in [0.4, 0.5) is 0 Å². The van der Waals surface area contributed by atoms with Gasteiger partial charge < -0.3 is 24.8 Å². The summed E-state index contributed by atoms with van der Waals surface area (Å²) in [6.07, 6.45) is 0. The van der Waals surface area contributed by atoms with E-state index in [1.54, 1.807) is 4.90 Å². The van der Waals surface area contributed by atoms with Gasteiger partial charge in [0.05, 0.1) is 18.9 Å². The van der Waals surface area contributed by atoms with Crippen molar-refractivity contribution >= 4 is 11.8 Å². The lowest BCUT2D eigenvalue weighted by Gasteiger charge is -2.36. The Bertz CT molecular complexity index is 942. The van der Waals surface area contributed by atoms with Crippen molar-refractivity contribution in [3.63, 3.8) is 0 Å². The molecule has 8 heteroatoms. The number of nitrogens with one attached hydrogen (secondary N) is 2. The van der Waals surface area contributed by atoms with Crippen LogP contribution in [0.25, 0.3) is 11.4 Å². The number of rotatable bonds is 4. The molecular weight excluding hydrogens is 394 g/mol. The van der Waals surface area contributed by atoms with E-state index in [1.807, 2.05) is 51.1 Å². The summed E-state index contributed by atoms with van der Waals surface area (Å²) in [5.41, 5.74) is 1.77. The number of aromatic nitrogens is 2. The van der Waals surface area contributed by atoms with Gasteiger partial charge in [0.2, 0.25) is 5.91 Å². The van der Waals surface area contributed by atoms with E-state index in [-0.39, 0.29) is 11.8 Å². The Morgan fingerprint density at radius 1 is 1.13 bits per heavy atom. The molecule has 166 valence electrons. The van der Waals surface area contributed by atoms with E-state index in [9.17, 15) is 9.59 Å². The molecule has 0 saturated carbocycles. The van der Waals surface area contributed by atoms with Crippen molar-refractivity contribution in [1.82, 2.24) is 25.1 Å². The standard InChI is InChI=1S/C23H31N5O3/c1-23(2,3)19(22(30)27-11-13-31-14-12-27)26-21(29)18-17-15-24-9-10-28(17)20(25-18)16-7-5-4-6-8-16/h4-8,19,24H,9-15H2,1-3H3,(H,26,29)/t19-/m1/s1. The lowest BCUT2D eigenvalue weighted by atomic mass is 9.85. The van der Waals surface area contributed by atoms with Crippen LogP contribution in [-0.2, 0) is 22.6 Å². The van der Waals surface area contributed by atoms with Gasteiger partial charge in [0, 0.05) is 38.3 Å². The number of imidazole rings is 1. The predicted octanol–water partition coefficient (Wildman–Crippen LogP) is 1.66. The molecule has 1 saturated heterocycles. The maximum absolute atomic E-state index is 13.4. The molecule has 8 nitrogen and oxygen atoms in total. The zero-order valence-electron chi connectivity index (χ0n) is 18.5. The van der Waals surface area contributed by atoms with Gasteiger partial charge in [-0.2, -0.15) is 0 Å². The quantitative estimate of drug-likeness (QED) is 0.778. The first-order valence-electron chi connectivity index (χ1n) is 10.9. The van der Waals surface area contributed by atoms with Crippen LogP contribution < -0.4 is 10.6 Å². The molecule has 31 heavy (non-hydrogen) atoms. The number of carbonyl (C=O) groups excluding carboxylic acids is 2. The Balaban J connectivity index is 1.63. The second-order valence-electron chi connectivity index (χ2n) is 9.14. The smallest absolute Gasteiger partial charge is 0.272 e. The molecule has 2 N–H and O–H groups in total. The third kappa shape index (κ3) is 4.50. The van der Waals surface area contributed by atoms with Crippen molar-refractivity contribution in [3.8, 4) is 11.4 Å². The van der Waals surface area contributed by atoms with Gasteiger partial charge in [0.15, 0.2) is 5.69 Å². The maximum atomic E-state index is 13.4. The van der Waals surface area contributed by atoms with E-state index in [2.05, 4.69) is 15.2 Å². The number of ether oxygens (including phenoxy) is 1. The van der Waals surface area contributed by atoms with Gasteiger partial charge in [-0.3, -0.25) is 9.59 Å². The molecule has 0 bridgehead atoms. The highest BCUT2D eigenvalue weighted by atomic mass is 16.5. The lowest BCUT2D eigenvalue weighted by Crippen LogP contribution is -2.56. The molecule has 1 fully saturated rings. The van der Waals surface area contributed by atoms with Crippen molar-refractivity contribution in [2.24, 2.45) is 5.41 Å². The fourth-order valence-corrected chi connectivity index (χ4v) is 4.11. The van der Waals surface area contributed by atoms with Crippen LogP contribution >= 0.6 is 0 Å². The molecule has 1 atom stereocenters. The second kappa shape index (κ2) is 8.80. The van der Waals surface area contributed by atoms with Gasteiger partial charge in [-0.15, -0.1) is 0 Å². The SMILES string of the molecule is CC(C)(C)[C@H](NC(=O)c1nc(-c2ccccc2)n2c1CNCC2)C(=O)N1CCOCC1. The summed E-state index contributed by atoms with van der Waals surface area (Å²) < 4.78 is 7.48. The highest BCUT2D eigenvalue weighted by molar-refractivity contribution is 5.98. The predicted molar refractivity (Wildman–Crippen MR) is 117 cm³/mol. The van der Waals surface area contributed by atoms with Gasteiger partial charge >= 0.3 is 0 Å². The van der Waals surface area contributed by atoms with Crippen molar-refractivity contribution in [1.29, 1.82) is 0 Å². The van der Waals surface area contributed by atoms with Crippen LogP contribution in [0.5, 0.6) is 0 Å². The number of benzene rings is 1. The minimum atomic E-state index is -0.646. The van der Waals surface area contributed by atoms with E-state index in [1.165, 1.54) is 0 Å². The monoisotopic (exact) mass is 425 g/mol. The molecule has 2 aliphatic rings. The van der Waals surface area contributed by atoms with Gasteiger partial charge in [0.1, 0.15) is 11.9 Å². The van der Waals surface area contributed by atoms with Crippen molar-refractivity contribution in [2.45, 2.75) is 39.9 Å². The first-order chi connectivity index (χ1) is 14.9. The molecular formula is C23H31N5O3. The normalized spacial score (nSPS) is 17.7. The lowest BCUT2D eigenvalue weighted by molar-refractivity contribution is -0.139. The molecule has 0 aliphatic carbocycles. The Morgan fingerprint density at radius 2 is 1.84 bits per heavy atom. The zero-order chi connectivity index (χ0) is 22.0. The van der Waals surface area contributed by atoms with Crippen molar-refractivity contribution < 1.29 is 14.3 Å². The Kier molecular flexibility index (Phi) is 6.11. The molecule has 2 amide bonds. The largest absolute Gasteiger partial charge is 0.378 e. The van der Waals surface area contributed by atoms with Crippen molar-refractivity contribution in [2.75, 3.05) is 32.8 Å². The third-order valence-electron chi connectivity index (χ3n) is 5.84. The number of amides is 2. The second-order valence-corrected chi connectivity index (χ2v) is 9.14. The van der Waals surface area contributed by atoms with Crippen LogP contribution in [0.2, 0.25) is 0 Å². The van der Waals surface area contributed by atoms with E-state index >= 15 is 0 Å². The minimum Gasteiger partial charge on any atom is -0.378 e. The van der Waals surface area contributed by atoms with E-state index in [0.717, 1.165) is 30.2 Å². The Morgan fingerprint density at radius 3 is 2.52 bits per heavy atom. The first-order valence-corrected chi connectivity index (χ1v) is 10.9. The Labute approximate surface area is 183 Å². The summed E-state index contributed by atoms with van der Waals surface area (Å²) in [7, 11) is 0. The van der Waals surface area contributed by atoms with Gasteiger partial charge in [-0.1, -0.05) is 51.1 Å². The van der Waals surface area contributed by atoms with Gasteiger partial charge in [0.25, 0.3) is 5.91 Å².